The number of allylic oxidation sites excluding steroid dienone is 1. The summed E-state index contributed by atoms with van der Waals surface area (Å²) >= 11 is 0. The minimum Gasteiger partial charge on any atom is -0.462 e. The number of hydrogen-bond donors (Lipinski definition) is 0. The van der Waals surface area contributed by atoms with E-state index in [2.05, 4.69) is 13.5 Å². The summed E-state index contributed by atoms with van der Waals surface area (Å²) in [4.78, 5) is 24.7. The average Bonchev–Trinajstić information content (AvgIpc) is 2.81. The van der Waals surface area contributed by atoms with Gasteiger partial charge in [-0.1, -0.05) is 102 Å². The zero-order valence-electron chi connectivity index (χ0n) is 20.2. The molecule has 0 N–H and O–H groups in total. The number of unbranched alkanes of at least 4 members (excludes halogenated alkanes) is 13. The Balaban J connectivity index is 2.12. The minimum atomic E-state index is -0.484. The SMILES string of the molecule is C=CCCCOC(=O)c1ccccc1C(=O)OCCCCCCCCCCCCCCC. The minimum absolute atomic E-state index is 0.265. The van der Waals surface area contributed by atoms with E-state index in [-0.39, 0.29) is 11.1 Å². The molecule has 0 unspecified atom stereocenters. The zero-order chi connectivity index (χ0) is 23.3. The number of carbonyl (C=O) groups is 2. The Hall–Kier alpha value is -2.10. The molecule has 1 aromatic carbocycles. The molecule has 0 atom stereocenters. The second kappa shape index (κ2) is 19.6. The van der Waals surface area contributed by atoms with Gasteiger partial charge in [-0.3, -0.25) is 0 Å². The Morgan fingerprint density at radius 2 is 1.09 bits per heavy atom. The van der Waals surface area contributed by atoms with E-state index >= 15 is 0 Å². The van der Waals surface area contributed by atoms with Gasteiger partial charge in [0.2, 0.25) is 0 Å². The summed E-state index contributed by atoms with van der Waals surface area (Å²) in [7, 11) is 0. The molecule has 0 radical (unpaired) electrons. The molecule has 1 rings (SSSR count). The molecule has 0 saturated heterocycles. The number of carbonyl (C=O) groups excluding carboxylic acids is 2. The number of hydrogen-bond acceptors (Lipinski definition) is 4. The molecule has 0 bridgehead atoms. The lowest BCUT2D eigenvalue weighted by Crippen LogP contribution is -2.15. The van der Waals surface area contributed by atoms with Crippen LogP contribution in [-0.2, 0) is 9.47 Å². The molecular formula is C28H44O4. The van der Waals surface area contributed by atoms with Crippen molar-refractivity contribution in [3.05, 3.63) is 48.0 Å². The fourth-order valence-electron chi connectivity index (χ4n) is 3.67. The predicted octanol–water partition coefficient (Wildman–Crippen LogP) is 8.06. The van der Waals surface area contributed by atoms with Crippen molar-refractivity contribution >= 4 is 11.9 Å². The average molecular weight is 445 g/mol. The summed E-state index contributed by atoms with van der Waals surface area (Å²) in [5.41, 5.74) is 0.539. The highest BCUT2D eigenvalue weighted by Crippen LogP contribution is 2.14. The molecule has 0 aliphatic carbocycles. The molecule has 0 aromatic heterocycles. The van der Waals surface area contributed by atoms with Gasteiger partial charge in [0.25, 0.3) is 0 Å². The van der Waals surface area contributed by atoms with Crippen LogP contribution in [0.2, 0.25) is 0 Å². The van der Waals surface area contributed by atoms with E-state index < -0.39 is 11.9 Å². The third kappa shape index (κ3) is 13.3. The van der Waals surface area contributed by atoms with Gasteiger partial charge in [0.15, 0.2) is 0 Å². The van der Waals surface area contributed by atoms with Crippen LogP contribution in [0.1, 0.15) is 124 Å². The maximum Gasteiger partial charge on any atom is 0.339 e. The van der Waals surface area contributed by atoms with Crippen LogP contribution in [0.4, 0.5) is 0 Å². The van der Waals surface area contributed by atoms with Crippen LogP contribution in [0.25, 0.3) is 0 Å². The quantitative estimate of drug-likeness (QED) is 0.116. The summed E-state index contributed by atoms with van der Waals surface area (Å²) in [5.74, 6) is -0.940. The van der Waals surface area contributed by atoms with Crippen LogP contribution < -0.4 is 0 Å². The number of rotatable bonds is 20. The summed E-state index contributed by atoms with van der Waals surface area (Å²) < 4.78 is 10.7. The molecule has 0 fully saturated rings. The second-order valence-corrected chi connectivity index (χ2v) is 8.49. The molecule has 180 valence electrons. The monoisotopic (exact) mass is 444 g/mol. The van der Waals surface area contributed by atoms with E-state index in [1.807, 2.05) is 0 Å². The van der Waals surface area contributed by atoms with Crippen molar-refractivity contribution in [1.29, 1.82) is 0 Å². The lowest BCUT2D eigenvalue weighted by atomic mass is 10.0. The molecule has 0 aliphatic rings. The number of ether oxygens (including phenoxy) is 2. The van der Waals surface area contributed by atoms with Crippen molar-refractivity contribution in [2.24, 2.45) is 0 Å². The van der Waals surface area contributed by atoms with Crippen molar-refractivity contribution in [1.82, 2.24) is 0 Å². The smallest absolute Gasteiger partial charge is 0.339 e. The summed E-state index contributed by atoms with van der Waals surface area (Å²) in [5, 5.41) is 0. The highest BCUT2D eigenvalue weighted by molar-refractivity contribution is 6.03. The van der Waals surface area contributed by atoms with E-state index in [1.54, 1.807) is 30.3 Å². The van der Waals surface area contributed by atoms with Gasteiger partial charge in [-0.25, -0.2) is 9.59 Å². The largest absolute Gasteiger partial charge is 0.462 e. The predicted molar refractivity (Wildman–Crippen MR) is 132 cm³/mol. The Bertz CT molecular complexity index is 638. The molecule has 0 amide bonds. The topological polar surface area (TPSA) is 52.6 Å². The van der Waals surface area contributed by atoms with Crippen molar-refractivity contribution in [2.45, 2.75) is 103 Å². The Kier molecular flexibility index (Phi) is 17.1. The van der Waals surface area contributed by atoms with Crippen LogP contribution >= 0.6 is 0 Å². The molecule has 0 saturated carbocycles. The Morgan fingerprint density at radius 1 is 0.688 bits per heavy atom. The van der Waals surface area contributed by atoms with Crippen LogP contribution in [-0.4, -0.2) is 25.2 Å². The molecule has 1 aromatic rings. The standard InChI is InChI=1S/C28H44O4/c1-3-5-7-8-9-10-11-12-13-14-15-16-20-24-32-28(30)26-22-18-17-21-25(26)27(29)31-23-19-6-4-2/h4,17-18,21-22H,2-3,5-16,19-20,23-24H2,1H3. The third-order valence-electron chi connectivity index (χ3n) is 5.63. The lowest BCUT2D eigenvalue weighted by molar-refractivity contribution is 0.0452. The van der Waals surface area contributed by atoms with Gasteiger partial charge in [-0.05, 0) is 31.4 Å². The van der Waals surface area contributed by atoms with Gasteiger partial charge >= 0.3 is 11.9 Å². The zero-order valence-corrected chi connectivity index (χ0v) is 20.2. The Morgan fingerprint density at radius 3 is 1.53 bits per heavy atom. The van der Waals surface area contributed by atoms with E-state index in [9.17, 15) is 9.59 Å². The van der Waals surface area contributed by atoms with Crippen LogP contribution in [0, 0.1) is 0 Å². The Labute approximate surface area is 195 Å². The molecule has 0 spiro atoms. The first-order chi connectivity index (χ1) is 15.7. The van der Waals surface area contributed by atoms with Crippen LogP contribution in [0.15, 0.2) is 36.9 Å². The van der Waals surface area contributed by atoms with E-state index in [0.29, 0.717) is 13.2 Å². The van der Waals surface area contributed by atoms with Crippen molar-refractivity contribution in [3.8, 4) is 0 Å². The summed E-state index contributed by atoms with van der Waals surface area (Å²) in [6.45, 7) is 6.61. The fraction of sp³-hybridized carbons (Fsp3) is 0.643. The van der Waals surface area contributed by atoms with Crippen molar-refractivity contribution < 1.29 is 19.1 Å². The van der Waals surface area contributed by atoms with Gasteiger partial charge in [0.05, 0.1) is 24.3 Å². The summed E-state index contributed by atoms with van der Waals surface area (Å²) in [6.07, 6.45) is 19.9. The van der Waals surface area contributed by atoms with E-state index in [4.69, 9.17) is 9.47 Å². The fourth-order valence-corrected chi connectivity index (χ4v) is 3.67. The highest BCUT2D eigenvalue weighted by Gasteiger charge is 2.18. The molecule has 0 heterocycles. The lowest BCUT2D eigenvalue weighted by Gasteiger charge is -2.10. The van der Waals surface area contributed by atoms with Gasteiger partial charge in [-0.15, -0.1) is 6.58 Å². The van der Waals surface area contributed by atoms with E-state index in [1.165, 1.54) is 70.6 Å². The first-order valence-electron chi connectivity index (χ1n) is 12.7. The first kappa shape index (κ1) is 27.9. The maximum absolute atomic E-state index is 12.4. The highest BCUT2D eigenvalue weighted by atomic mass is 16.5. The molecular weight excluding hydrogens is 400 g/mol. The first-order valence-corrected chi connectivity index (χ1v) is 12.7. The number of esters is 2. The molecule has 0 aliphatic heterocycles. The van der Waals surface area contributed by atoms with Crippen LogP contribution in [0.3, 0.4) is 0 Å². The molecule has 4 heteroatoms. The van der Waals surface area contributed by atoms with Gasteiger partial charge in [-0.2, -0.15) is 0 Å². The normalized spacial score (nSPS) is 10.7. The third-order valence-corrected chi connectivity index (χ3v) is 5.63. The van der Waals surface area contributed by atoms with Gasteiger partial charge in [0.1, 0.15) is 0 Å². The molecule has 4 nitrogen and oxygen atoms in total. The van der Waals surface area contributed by atoms with Gasteiger partial charge < -0.3 is 9.47 Å². The summed E-state index contributed by atoms with van der Waals surface area (Å²) in [6, 6.07) is 6.68. The maximum atomic E-state index is 12.4. The second-order valence-electron chi connectivity index (χ2n) is 8.49. The van der Waals surface area contributed by atoms with Gasteiger partial charge in [0, 0.05) is 0 Å². The van der Waals surface area contributed by atoms with Crippen molar-refractivity contribution in [3.63, 3.8) is 0 Å². The molecule has 32 heavy (non-hydrogen) atoms. The number of benzene rings is 1. The van der Waals surface area contributed by atoms with E-state index in [0.717, 1.165) is 25.7 Å². The van der Waals surface area contributed by atoms with Crippen LogP contribution in [0.5, 0.6) is 0 Å². The van der Waals surface area contributed by atoms with Crippen molar-refractivity contribution in [2.75, 3.05) is 13.2 Å².